The largest absolute Gasteiger partial charge is 0.497 e. The molecule has 3 N–H and O–H groups in total. The second-order valence-electron chi connectivity index (χ2n) is 8.10. The number of alkyl halides is 1. The smallest absolute Gasteiger partial charge is 0.257 e. The molecule has 1 amide bonds. The van der Waals surface area contributed by atoms with E-state index in [-0.39, 0.29) is 5.56 Å². The number of pyridine rings is 1. The topological polar surface area (TPSA) is 105 Å². The Morgan fingerprint density at radius 1 is 1.40 bits per heavy atom. The van der Waals surface area contributed by atoms with Crippen molar-refractivity contribution in [3.8, 4) is 5.88 Å². The Morgan fingerprint density at radius 2 is 2.17 bits per heavy atom. The molecule has 1 aliphatic rings. The third kappa shape index (κ3) is 4.19. The quantitative estimate of drug-likeness (QED) is 0.416. The fourth-order valence-electron chi connectivity index (χ4n) is 2.92. The van der Waals surface area contributed by atoms with Crippen LogP contribution in [0.2, 0.25) is 0 Å². The summed E-state index contributed by atoms with van der Waals surface area (Å²) < 4.78 is 20.6. The molecule has 0 saturated heterocycles. The molecule has 9 nitrogen and oxygen atoms in total. The van der Waals surface area contributed by atoms with Gasteiger partial charge in [-0.2, -0.15) is 9.61 Å². The van der Waals surface area contributed by atoms with Gasteiger partial charge in [0.25, 0.3) is 5.91 Å². The molecule has 3 aromatic rings. The van der Waals surface area contributed by atoms with Crippen LogP contribution in [0, 0.1) is 0 Å². The van der Waals surface area contributed by atoms with E-state index in [1.54, 1.807) is 25.4 Å². The van der Waals surface area contributed by atoms with Crippen molar-refractivity contribution in [1.29, 1.82) is 0 Å². The molecule has 0 aromatic carbocycles. The van der Waals surface area contributed by atoms with Gasteiger partial charge in [0.15, 0.2) is 5.65 Å². The summed E-state index contributed by atoms with van der Waals surface area (Å²) in [6, 6.07) is 4.94. The van der Waals surface area contributed by atoms with Crippen molar-refractivity contribution in [3.05, 3.63) is 36.2 Å². The molecule has 0 aliphatic heterocycles. The predicted molar refractivity (Wildman–Crippen MR) is 120 cm³/mol. The third-order valence-electron chi connectivity index (χ3n) is 4.44. The van der Waals surface area contributed by atoms with E-state index in [1.165, 1.54) is 10.7 Å². The van der Waals surface area contributed by atoms with Gasteiger partial charge in [0.1, 0.15) is 52.6 Å². The van der Waals surface area contributed by atoms with Crippen LogP contribution in [0.25, 0.3) is 5.65 Å². The standard InChI is InChI=1S/C17H21B3FN7O2/c1-22-13-6-12(25-10-3-2-4-23-16(10)30-17(18,19)20)27-14-8(7-24-28(13)14)15(29)26-11-5-9(11)21/h2-4,6-7,9,11,22H,5,18-20H2,1H3,(H,25,27)(H,26,29)/t9-,11+/m1/s1. The molecule has 4 rings (SSSR count). The highest BCUT2D eigenvalue weighted by Crippen LogP contribution is 2.29. The number of ether oxygens (including phenoxy) is 1. The lowest BCUT2D eigenvalue weighted by Crippen LogP contribution is -2.38. The van der Waals surface area contributed by atoms with Crippen LogP contribution in [0.3, 0.4) is 0 Å². The maximum Gasteiger partial charge on any atom is 0.257 e. The summed E-state index contributed by atoms with van der Waals surface area (Å²) in [6.07, 6.45) is 2.43. The maximum absolute atomic E-state index is 13.2. The van der Waals surface area contributed by atoms with Crippen molar-refractivity contribution in [2.24, 2.45) is 0 Å². The monoisotopic (exact) mass is 407 g/mol. The maximum atomic E-state index is 13.2. The first-order valence-electron chi connectivity index (χ1n) is 9.67. The summed E-state index contributed by atoms with van der Waals surface area (Å²) in [6.45, 7) is 0. The number of carbonyl (C=O) groups is 1. The molecule has 1 saturated carbocycles. The SMILES string of the molecule is BC(B)(B)Oc1ncccc1Nc1cc(NC)n2ncc(C(=O)N[C@H]3C[C@H]3F)c2n1. The second kappa shape index (κ2) is 7.54. The van der Waals surface area contributed by atoms with Crippen molar-refractivity contribution in [3.63, 3.8) is 0 Å². The summed E-state index contributed by atoms with van der Waals surface area (Å²) in [5.74, 6) is 1.13. The van der Waals surface area contributed by atoms with Crippen molar-refractivity contribution >= 4 is 52.4 Å². The zero-order valence-electron chi connectivity index (χ0n) is 17.2. The van der Waals surface area contributed by atoms with E-state index in [4.69, 9.17) is 4.74 Å². The number of hydrogen-bond acceptors (Lipinski definition) is 7. The Bertz CT molecular complexity index is 1100. The van der Waals surface area contributed by atoms with Crippen LogP contribution < -0.4 is 20.7 Å². The van der Waals surface area contributed by atoms with Gasteiger partial charge < -0.3 is 20.7 Å². The molecule has 0 bridgehead atoms. The Labute approximate surface area is 175 Å². The molecule has 0 unspecified atom stereocenters. The van der Waals surface area contributed by atoms with E-state index in [9.17, 15) is 9.18 Å². The molecule has 2 atom stereocenters. The number of halogens is 1. The summed E-state index contributed by atoms with van der Waals surface area (Å²) in [7, 11) is 7.56. The van der Waals surface area contributed by atoms with Gasteiger partial charge in [-0.3, -0.25) is 4.79 Å². The Hall–Kier alpha value is -3.24. The highest BCUT2D eigenvalue weighted by molar-refractivity contribution is 6.58. The first-order chi connectivity index (χ1) is 14.2. The lowest BCUT2D eigenvalue weighted by atomic mass is 9.52. The fourth-order valence-corrected chi connectivity index (χ4v) is 2.92. The van der Waals surface area contributed by atoms with Crippen LogP contribution in [-0.2, 0) is 0 Å². The van der Waals surface area contributed by atoms with E-state index >= 15 is 0 Å². The van der Waals surface area contributed by atoms with Gasteiger partial charge in [-0.1, -0.05) is 0 Å². The number of amides is 1. The molecule has 30 heavy (non-hydrogen) atoms. The van der Waals surface area contributed by atoms with Crippen molar-refractivity contribution < 1.29 is 13.9 Å². The van der Waals surface area contributed by atoms with Crippen LogP contribution in [-0.4, -0.2) is 73.6 Å². The summed E-state index contributed by atoms with van der Waals surface area (Å²) >= 11 is 0. The summed E-state index contributed by atoms with van der Waals surface area (Å²) in [4.78, 5) is 21.4. The number of hydrogen-bond donors (Lipinski definition) is 3. The number of nitrogens with zero attached hydrogens (tertiary/aromatic N) is 4. The molecular weight excluding hydrogens is 386 g/mol. The van der Waals surface area contributed by atoms with Gasteiger partial charge in [-0.25, -0.2) is 14.4 Å². The average molecular weight is 407 g/mol. The van der Waals surface area contributed by atoms with E-state index in [1.807, 2.05) is 29.6 Å². The van der Waals surface area contributed by atoms with Gasteiger partial charge >= 0.3 is 0 Å². The van der Waals surface area contributed by atoms with Crippen molar-refractivity contribution in [1.82, 2.24) is 24.9 Å². The van der Waals surface area contributed by atoms with E-state index in [0.717, 1.165) is 0 Å². The lowest BCUT2D eigenvalue weighted by molar-refractivity contribution is 0.0949. The molecule has 3 heterocycles. The fraction of sp³-hybridized carbons (Fsp3) is 0.294. The summed E-state index contributed by atoms with van der Waals surface area (Å²) in [5.41, 5.74) is 1.25. The van der Waals surface area contributed by atoms with Crippen LogP contribution in [0.5, 0.6) is 5.88 Å². The average Bonchev–Trinajstić information content (AvgIpc) is 3.20. The number of anilines is 3. The Morgan fingerprint density at radius 3 is 2.83 bits per heavy atom. The van der Waals surface area contributed by atoms with Gasteiger partial charge in [-0.05, 0) is 12.1 Å². The number of nitrogens with one attached hydrogen (secondary N) is 3. The first-order valence-corrected chi connectivity index (χ1v) is 9.67. The number of rotatable bonds is 7. The highest BCUT2D eigenvalue weighted by Gasteiger charge is 2.39. The van der Waals surface area contributed by atoms with E-state index in [0.29, 0.717) is 35.3 Å². The van der Waals surface area contributed by atoms with Crippen LogP contribution in [0.15, 0.2) is 30.6 Å². The lowest BCUT2D eigenvalue weighted by Gasteiger charge is -2.22. The Kier molecular flexibility index (Phi) is 5.04. The molecule has 0 radical (unpaired) electrons. The number of carbonyl (C=O) groups excluding carboxylic acids is 1. The van der Waals surface area contributed by atoms with E-state index in [2.05, 4.69) is 31.0 Å². The van der Waals surface area contributed by atoms with Crippen LogP contribution in [0.1, 0.15) is 16.8 Å². The number of aromatic nitrogens is 4. The third-order valence-corrected chi connectivity index (χ3v) is 4.44. The molecule has 3 aromatic heterocycles. The Balaban J connectivity index is 1.68. The minimum absolute atomic E-state index is 0.270. The van der Waals surface area contributed by atoms with Gasteiger partial charge in [0.05, 0.1) is 12.2 Å². The van der Waals surface area contributed by atoms with Gasteiger partial charge in [-0.15, -0.1) is 0 Å². The molecule has 1 aliphatic carbocycles. The van der Waals surface area contributed by atoms with E-state index < -0.39 is 23.4 Å². The zero-order chi connectivity index (χ0) is 21.5. The van der Waals surface area contributed by atoms with Gasteiger partial charge in [0.2, 0.25) is 5.88 Å². The minimum Gasteiger partial charge on any atom is -0.497 e. The van der Waals surface area contributed by atoms with Crippen LogP contribution >= 0.6 is 0 Å². The van der Waals surface area contributed by atoms with Gasteiger partial charge in [0, 0.05) is 31.0 Å². The predicted octanol–water partition coefficient (Wildman–Crippen LogP) is -1.36. The number of fused-ring (bicyclic) bond motifs is 1. The minimum atomic E-state index is -0.985. The molecule has 0 spiro atoms. The second-order valence-corrected chi connectivity index (χ2v) is 8.10. The highest BCUT2D eigenvalue weighted by atomic mass is 19.1. The zero-order valence-corrected chi connectivity index (χ0v) is 17.2. The van der Waals surface area contributed by atoms with Crippen molar-refractivity contribution in [2.75, 3.05) is 17.7 Å². The molecular formula is C17H21B3FN7O2. The molecule has 13 heteroatoms. The molecule has 152 valence electrons. The first kappa shape index (κ1) is 20.1. The van der Waals surface area contributed by atoms with Crippen LogP contribution in [0.4, 0.5) is 21.7 Å². The normalized spacial score (nSPS) is 18.1. The molecule has 1 fully saturated rings. The van der Waals surface area contributed by atoms with Crippen molar-refractivity contribution in [2.45, 2.75) is 23.9 Å². The summed E-state index contributed by atoms with van der Waals surface area (Å²) in [5, 5.41) is 12.7.